The smallest absolute Gasteiger partial charge is 0.243 e. The number of hydrogen-bond donors (Lipinski definition) is 1. The molecule has 2 aromatic carbocycles. The molecule has 10 heteroatoms. The van der Waals surface area contributed by atoms with Crippen LogP contribution in [0.15, 0.2) is 47.4 Å². The van der Waals surface area contributed by atoms with Gasteiger partial charge in [0.1, 0.15) is 17.7 Å². The van der Waals surface area contributed by atoms with Crippen molar-refractivity contribution >= 4 is 10.0 Å². The van der Waals surface area contributed by atoms with Gasteiger partial charge in [0.05, 0.1) is 23.1 Å². The maximum atomic E-state index is 14.2. The molecular formula is C26H30F2N4O3S. The Morgan fingerprint density at radius 2 is 1.75 bits per heavy atom. The summed E-state index contributed by atoms with van der Waals surface area (Å²) in [5.41, 5.74) is 6.88. The Morgan fingerprint density at radius 3 is 2.42 bits per heavy atom. The molecule has 3 aliphatic rings. The van der Waals surface area contributed by atoms with Gasteiger partial charge in [-0.25, -0.2) is 17.2 Å². The molecule has 0 saturated carbocycles. The second-order valence-corrected chi connectivity index (χ2v) is 12.2. The number of sulfonamides is 1. The van der Waals surface area contributed by atoms with Crippen LogP contribution >= 0.6 is 0 Å². The van der Waals surface area contributed by atoms with Gasteiger partial charge in [-0.1, -0.05) is 0 Å². The molecule has 2 aromatic rings. The molecule has 1 spiro atoms. The van der Waals surface area contributed by atoms with Gasteiger partial charge in [-0.3, -0.25) is 4.90 Å². The predicted octanol–water partition coefficient (Wildman–Crippen LogP) is 3.17. The third kappa shape index (κ3) is 4.78. The fraction of sp³-hybridized carbons (Fsp3) is 0.500. The predicted molar refractivity (Wildman–Crippen MR) is 129 cm³/mol. The molecule has 3 aliphatic heterocycles. The Labute approximate surface area is 210 Å². The fourth-order valence-electron chi connectivity index (χ4n) is 5.87. The molecule has 0 aromatic heterocycles. The summed E-state index contributed by atoms with van der Waals surface area (Å²) >= 11 is 0. The molecule has 0 amide bonds. The molecule has 3 atom stereocenters. The Bertz CT molecular complexity index is 1260. The van der Waals surface area contributed by atoms with E-state index in [0.29, 0.717) is 31.7 Å². The van der Waals surface area contributed by atoms with Gasteiger partial charge in [0, 0.05) is 30.7 Å². The molecule has 3 saturated heterocycles. The number of halogens is 2. The summed E-state index contributed by atoms with van der Waals surface area (Å²) in [7, 11) is -3.60. The second-order valence-electron chi connectivity index (χ2n) is 10.2. The van der Waals surface area contributed by atoms with Crippen molar-refractivity contribution < 1.29 is 21.9 Å². The zero-order valence-corrected chi connectivity index (χ0v) is 20.8. The zero-order valence-electron chi connectivity index (χ0n) is 19.9. The molecule has 3 heterocycles. The Kier molecular flexibility index (Phi) is 6.87. The van der Waals surface area contributed by atoms with E-state index in [-0.39, 0.29) is 21.9 Å². The molecule has 36 heavy (non-hydrogen) atoms. The van der Waals surface area contributed by atoms with E-state index >= 15 is 0 Å². The maximum absolute atomic E-state index is 14.2. The quantitative estimate of drug-likeness (QED) is 0.670. The van der Waals surface area contributed by atoms with Crippen molar-refractivity contribution in [1.29, 1.82) is 5.26 Å². The Balaban J connectivity index is 1.18. The first-order chi connectivity index (χ1) is 17.2. The third-order valence-corrected chi connectivity index (χ3v) is 9.92. The number of rotatable bonds is 4. The average Bonchev–Trinajstić information content (AvgIpc) is 3.30. The van der Waals surface area contributed by atoms with Gasteiger partial charge in [-0.2, -0.15) is 9.57 Å². The van der Waals surface area contributed by atoms with E-state index in [2.05, 4.69) is 4.90 Å². The minimum Gasteiger partial charge on any atom is -0.370 e. The van der Waals surface area contributed by atoms with E-state index in [1.54, 1.807) is 4.31 Å². The van der Waals surface area contributed by atoms with Gasteiger partial charge in [0.2, 0.25) is 10.0 Å². The molecule has 2 N–H and O–H groups in total. The van der Waals surface area contributed by atoms with Gasteiger partial charge in [-0.15, -0.1) is 0 Å². The Morgan fingerprint density at radius 1 is 1.06 bits per heavy atom. The fourth-order valence-corrected chi connectivity index (χ4v) is 7.43. The lowest BCUT2D eigenvalue weighted by Crippen LogP contribution is -2.53. The van der Waals surface area contributed by atoms with E-state index in [1.165, 1.54) is 24.3 Å². The van der Waals surface area contributed by atoms with Gasteiger partial charge in [0.15, 0.2) is 0 Å². The largest absolute Gasteiger partial charge is 0.370 e. The second kappa shape index (κ2) is 9.80. The SMILES string of the molecule is N#Cc1ccc(S(=O)(=O)N2CCC3(CCN(C4COC(c5cc(F)ccc5F)C(N)C4)CC3)C2)cc1. The monoisotopic (exact) mass is 516 g/mol. The molecule has 0 radical (unpaired) electrons. The topological polar surface area (TPSA) is 99.7 Å². The maximum Gasteiger partial charge on any atom is 0.243 e. The van der Waals surface area contributed by atoms with Gasteiger partial charge in [-0.05, 0) is 86.7 Å². The number of ether oxygens (including phenoxy) is 1. The van der Waals surface area contributed by atoms with E-state index in [4.69, 9.17) is 15.7 Å². The van der Waals surface area contributed by atoms with Crippen molar-refractivity contribution in [1.82, 2.24) is 9.21 Å². The van der Waals surface area contributed by atoms with E-state index < -0.39 is 33.8 Å². The minimum absolute atomic E-state index is 0.0545. The molecule has 3 fully saturated rings. The molecule has 3 unspecified atom stereocenters. The van der Waals surface area contributed by atoms with Crippen LogP contribution in [0.4, 0.5) is 8.78 Å². The average molecular weight is 517 g/mol. The molecule has 0 aliphatic carbocycles. The summed E-state index contributed by atoms with van der Waals surface area (Å²) in [6, 6.07) is 11.0. The first kappa shape index (κ1) is 25.2. The lowest BCUT2D eigenvalue weighted by atomic mass is 9.77. The lowest BCUT2D eigenvalue weighted by Gasteiger charge is -2.45. The number of nitrogens with two attached hydrogens (primary N) is 1. The first-order valence-corrected chi connectivity index (χ1v) is 13.7. The number of hydrogen-bond acceptors (Lipinski definition) is 6. The van der Waals surface area contributed by atoms with E-state index in [0.717, 1.165) is 50.6 Å². The van der Waals surface area contributed by atoms with Crippen LogP contribution in [-0.2, 0) is 14.8 Å². The summed E-state index contributed by atoms with van der Waals surface area (Å²) in [5, 5.41) is 8.97. The van der Waals surface area contributed by atoms with E-state index in [9.17, 15) is 17.2 Å². The summed E-state index contributed by atoms with van der Waals surface area (Å²) in [6.45, 7) is 2.99. The number of nitriles is 1. The molecular weight excluding hydrogens is 486 g/mol. The molecule has 7 nitrogen and oxygen atoms in total. The van der Waals surface area contributed by atoms with Gasteiger partial charge in [0.25, 0.3) is 0 Å². The minimum atomic E-state index is -3.60. The number of nitrogens with zero attached hydrogens (tertiary/aromatic N) is 3. The summed E-state index contributed by atoms with van der Waals surface area (Å²) in [6.07, 6.45) is 2.51. The van der Waals surface area contributed by atoms with Crippen molar-refractivity contribution in [2.24, 2.45) is 11.1 Å². The summed E-state index contributed by atoms with van der Waals surface area (Å²) < 4.78 is 61.7. The summed E-state index contributed by atoms with van der Waals surface area (Å²) in [4.78, 5) is 2.55. The molecule has 5 rings (SSSR count). The number of likely N-dealkylation sites (tertiary alicyclic amines) is 1. The highest BCUT2D eigenvalue weighted by Crippen LogP contribution is 2.43. The van der Waals surface area contributed by atoms with Gasteiger partial charge < -0.3 is 10.5 Å². The molecule has 0 bridgehead atoms. The van der Waals surface area contributed by atoms with Crippen LogP contribution in [0.5, 0.6) is 0 Å². The molecule has 192 valence electrons. The number of piperidine rings is 1. The van der Waals surface area contributed by atoms with Crippen LogP contribution < -0.4 is 5.73 Å². The van der Waals surface area contributed by atoms with Crippen LogP contribution in [0.25, 0.3) is 0 Å². The first-order valence-electron chi connectivity index (χ1n) is 12.3. The standard InChI is InChI=1S/C26H30F2N4O3S/c27-19-3-6-23(28)22(13-19)25-24(30)14-20(16-35-25)31-10-7-26(8-11-31)9-12-32(17-26)36(33,34)21-4-1-18(15-29)2-5-21/h1-6,13,20,24-25H,7-12,14,16-17,30H2. The lowest BCUT2D eigenvalue weighted by molar-refractivity contribution is -0.0626. The van der Waals surface area contributed by atoms with Crippen LogP contribution in [-0.4, -0.2) is 62.5 Å². The van der Waals surface area contributed by atoms with Crippen molar-refractivity contribution in [2.45, 2.75) is 48.8 Å². The zero-order chi connectivity index (χ0) is 25.5. The van der Waals surface area contributed by atoms with Crippen LogP contribution in [0, 0.1) is 28.4 Å². The number of benzene rings is 2. The van der Waals surface area contributed by atoms with Gasteiger partial charge >= 0.3 is 0 Å². The van der Waals surface area contributed by atoms with Crippen LogP contribution in [0.2, 0.25) is 0 Å². The van der Waals surface area contributed by atoms with Crippen molar-refractivity contribution in [3.05, 3.63) is 65.2 Å². The summed E-state index contributed by atoms with van der Waals surface area (Å²) in [5.74, 6) is -1.03. The van der Waals surface area contributed by atoms with Crippen LogP contribution in [0.1, 0.15) is 42.9 Å². The highest BCUT2D eigenvalue weighted by atomic mass is 32.2. The van der Waals surface area contributed by atoms with Crippen molar-refractivity contribution in [3.8, 4) is 6.07 Å². The van der Waals surface area contributed by atoms with Crippen molar-refractivity contribution in [2.75, 3.05) is 32.8 Å². The highest BCUT2D eigenvalue weighted by molar-refractivity contribution is 7.89. The Hall–Kier alpha value is -2.42. The third-order valence-electron chi connectivity index (χ3n) is 8.07. The normalized spacial score (nSPS) is 27.2. The van der Waals surface area contributed by atoms with E-state index in [1.807, 2.05) is 6.07 Å². The highest BCUT2D eigenvalue weighted by Gasteiger charge is 2.46. The van der Waals surface area contributed by atoms with Crippen LogP contribution in [0.3, 0.4) is 0 Å². The van der Waals surface area contributed by atoms with Crippen molar-refractivity contribution in [3.63, 3.8) is 0 Å².